The molecule has 1 N–H and O–H groups in total. The summed E-state index contributed by atoms with van der Waals surface area (Å²) in [5, 5.41) is 12.5. The molecule has 0 unspecified atom stereocenters. The largest absolute Gasteiger partial charge is 0.352 e. The van der Waals surface area contributed by atoms with Gasteiger partial charge >= 0.3 is 0 Å². The Balaban J connectivity index is 1.60. The maximum absolute atomic E-state index is 5.93. The zero-order valence-corrected chi connectivity index (χ0v) is 15.7. The normalized spacial score (nSPS) is 11.6. The average Bonchev–Trinajstić information content (AvgIpc) is 3.26. The van der Waals surface area contributed by atoms with Gasteiger partial charge in [-0.05, 0) is 24.3 Å². The Hall–Kier alpha value is -2.87. The second-order valence-electron chi connectivity index (χ2n) is 5.83. The Morgan fingerprint density at radius 2 is 2.04 bits per heavy atom. The molecule has 0 saturated carbocycles. The molecule has 3 aromatic rings. The molecule has 2 aromatic heterocycles. The van der Waals surface area contributed by atoms with Crippen LogP contribution < -0.4 is 5.32 Å². The Kier molecular flexibility index (Phi) is 5.52. The van der Waals surface area contributed by atoms with Crippen LogP contribution in [0.5, 0.6) is 0 Å². The Morgan fingerprint density at radius 3 is 2.69 bits per heavy atom. The standard InChI is InChI=1S/C17H21ClN8/c1-19-17(24(2)11-16-21-12-23-25(16)3)20-8-13-9-22-26(10-13)15-6-4-14(18)5-7-15/h4-7,9-10,12H,8,11H2,1-3H3,(H,19,20). The molecule has 8 nitrogen and oxygen atoms in total. The number of rotatable bonds is 5. The van der Waals surface area contributed by atoms with Crippen molar-refractivity contribution in [3.05, 3.63) is 59.4 Å². The van der Waals surface area contributed by atoms with Crippen molar-refractivity contribution >= 4 is 17.6 Å². The van der Waals surface area contributed by atoms with E-state index in [-0.39, 0.29) is 0 Å². The molecule has 0 aliphatic heterocycles. The first-order valence-electron chi connectivity index (χ1n) is 8.11. The molecule has 0 atom stereocenters. The van der Waals surface area contributed by atoms with Gasteiger partial charge in [0.2, 0.25) is 0 Å². The Bertz CT molecular complexity index is 880. The zero-order chi connectivity index (χ0) is 18.5. The summed E-state index contributed by atoms with van der Waals surface area (Å²) in [7, 11) is 5.59. The van der Waals surface area contributed by atoms with Crippen LogP contribution in [0.3, 0.4) is 0 Å². The van der Waals surface area contributed by atoms with Crippen molar-refractivity contribution in [1.82, 2.24) is 34.8 Å². The van der Waals surface area contributed by atoms with Crippen LogP contribution in [0, 0.1) is 0 Å². The molecule has 0 saturated heterocycles. The minimum Gasteiger partial charge on any atom is -0.352 e. The second kappa shape index (κ2) is 8.01. The van der Waals surface area contributed by atoms with Crippen LogP contribution >= 0.6 is 11.6 Å². The summed E-state index contributed by atoms with van der Waals surface area (Å²) < 4.78 is 3.57. The molecule has 2 heterocycles. The molecule has 1 aromatic carbocycles. The predicted molar refractivity (Wildman–Crippen MR) is 101 cm³/mol. The van der Waals surface area contributed by atoms with Crippen LogP contribution in [0.1, 0.15) is 11.4 Å². The highest BCUT2D eigenvalue weighted by molar-refractivity contribution is 6.30. The van der Waals surface area contributed by atoms with Crippen LogP contribution in [0.4, 0.5) is 0 Å². The van der Waals surface area contributed by atoms with Crippen LogP contribution in [0.25, 0.3) is 5.69 Å². The fourth-order valence-corrected chi connectivity index (χ4v) is 2.63. The van der Waals surface area contributed by atoms with Crippen molar-refractivity contribution in [1.29, 1.82) is 0 Å². The monoisotopic (exact) mass is 372 g/mol. The van der Waals surface area contributed by atoms with E-state index >= 15 is 0 Å². The third kappa shape index (κ3) is 4.20. The summed E-state index contributed by atoms with van der Waals surface area (Å²) in [4.78, 5) is 10.6. The second-order valence-corrected chi connectivity index (χ2v) is 6.26. The quantitative estimate of drug-likeness (QED) is 0.546. The smallest absolute Gasteiger partial charge is 0.194 e. The number of benzene rings is 1. The van der Waals surface area contributed by atoms with Crippen molar-refractivity contribution in [2.75, 3.05) is 14.1 Å². The van der Waals surface area contributed by atoms with Gasteiger partial charge in [-0.3, -0.25) is 9.67 Å². The molecule has 0 bridgehead atoms. The molecule has 26 heavy (non-hydrogen) atoms. The highest BCUT2D eigenvalue weighted by Crippen LogP contribution is 2.13. The number of guanidine groups is 1. The third-order valence-electron chi connectivity index (χ3n) is 3.93. The van der Waals surface area contributed by atoms with Gasteiger partial charge in [0.05, 0.1) is 18.4 Å². The molecule has 3 rings (SSSR count). The molecular weight excluding hydrogens is 352 g/mol. The third-order valence-corrected chi connectivity index (χ3v) is 4.19. The van der Waals surface area contributed by atoms with Crippen LogP contribution in [0.15, 0.2) is 48.0 Å². The first kappa shape index (κ1) is 17.9. The number of nitrogens with one attached hydrogen (secondary N) is 1. The van der Waals surface area contributed by atoms with Gasteiger partial charge in [0.1, 0.15) is 12.2 Å². The summed E-state index contributed by atoms with van der Waals surface area (Å²) in [6.45, 7) is 1.23. The van der Waals surface area contributed by atoms with Crippen LogP contribution in [-0.2, 0) is 20.1 Å². The van der Waals surface area contributed by atoms with E-state index in [0.717, 1.165) is 23.0 Å². The Morgan fingerprint density at radius 1 is 1.27 bits per heavy atom. The highest BCUT2D eigenvalue weighted by atomic mass is 35.5. The first-order chi connectivity index (χ1) is 12.6. The van der Waals surface area contributed by atoms with Crippen molar-refractivity contribution < 1.29 is 0 Å². The molecule has 0 aliphatic rings. The van der Waals surface area contributed by atoms with E-state index in [2.05, 4.69) is 25.5 Å². The van der Waals surface area contributed by atoms with Gasteiger partial charge in [0, 0.05) is 44.5 Å². The van der Waals surface area contributed by atoms with Gasteiger partial charge in [0.25, 0.3) is 0 Å². The van der Waals surface area contributed by atoms with Gasteiger partial charge in [-0.2, -0.15) is 10.2 Å². The van der Waals surface area contributed by atoms with E-state index in [4.69, 9.17) is 11.6 Å². The zero-order valence-electron chi connectivity index (χ0n) is 15.0. The van der Waals surface area contributed by atoms with Crippen molar-refractivity contribution in [3.63, 3.8) is 0 Å². The first-order valence-corrected chi connectivity index (χ1v) is 8.49. The predicted octanol–water partition coefficient (Wildman–Crippen LogP) is 1.86. The number of aromatic nitrogens is 5. The summed E-state index contributed by atoms with van der Waals surface area (Å²) >= 11 is 5.93. The number of nitrogens with zero attached hydrogens (tertiary/aromatic N) is 7. The van der Waals surface area contributed by atoms with Gasteiger partial charge in [-0.15, -0.1) is 0 Å². The van der Waals surface area contributed by atoms with E-state index in [0.29, 0.717) is 18.1 Å². The van der Waals surface area contributed by atoms with E-state index in [9.17, 15) is 0 Å². The highest BCUT2D eigenvalue weighted by Gasteiger charge is 2.10. The van der Waals surface area contributed by atoms with E-state index in [1.54, 1.807) is 18.1 Å². The summed E-state index contributed by atoms with van der Waals surface area (Å²) in [6.07, 6.45) is 5.36. The van der Waals surface area contributed by atoms with Crippen molar-refractivity contribution in [2.24, 2.45) is 12.0 Å². The van der Waals surface area contributed by atoms with Crippen molar-refractivity contribution in [3.8, 4) is 5.69 Å². The lowest BCUT2D eigenvalue weighted by atomic mass is 10.3. The lowest BCUT2D eigenvalue weighted by molar-refractivity contribution is 0.448. The van der Waals surface area contributed by atoms with Gasteiger partial charge in [0.15, 0.2) is 5.96 Å². The molecule has 136 valence electrons. The average molecular weight is 373 g/mol. The number of aliphatic imine (C=N–C) groups is 1. The molecule has 0 amide bonds. The topological polar surface area (TPSA) is 76.2 Å². The lowest BCUT2D eigenvalue weighted by Gasteiger charge is -2.21. The van der Waals surface area contributed by atoms with Gasteiger partial charge in [-0.25, -0.2) is 9.67 Å². The maximum atomic E-state index is 5.93. The number of hydrogen-bond acceptors (Lipinski definition) is 4. The van der Waals surface area contributed by atoms with Gasteiger partial charge in [-0.1, -0.05) is 11.6 Å². The van der Waals surface area contributed by atoms with E-state index in [1.807, 2.05) is 60.3 Å². The summed E-state index contributed by atoms with van der Waals surface area (Å²) in [5.41, 5.74) is 2.01. The Labute approximate surface area is 157 Å². The van der Waals surface area contributed by atoms with Crippen LogP contribution in [-0.4, -0.2) is 49.5 Å². The molecule has 0 spiro atoms. The number of hydrogen-bond donors (Lipinski definition) is 1. The molecule has 0 radical (unpaired) electrons. The number of aryl methyl sites for hydroxylation is 1. The van der Waals surface area contributed by atoms with Crippen molar-refractivity contribution in [2.45, 2.75) is 13.1 Å². The molecular formula is C17H21ClN8. The summed E-state index contributed by atoms with van der Waals surface area (Å²) in [6, 6.07) is 7.56. The SMILES string of the molecule is CN=C(NCc1cnn(-c2ccc(Cl)cc2)c1)N(C)Cc1ncnn1C. The minimum absolute atomic E-state index is 0.611. The maximum Gasteiger partial charge on any atom is 0.194 e. The van der Waals surface area contributed by atoms with Gasteiger partial charge < -0.3 is 10.2 Å². The molecule has 9 heteroatoms. The fourth-order valence-electron chi connectivity index (χ4n) is 2.50. The molecule has 0 fully saturated rings. The lowest BCUT2D eigenvalue weighted by Crippen LogP contribution is -2.38. The fraction of sp³-hybridized carbons (Fsp3) is 0.294. The van der Waals surface area contributed by atoms with E-state index < -0.39 is 0 Å². The number of halogens is 1. The summed E-state index contributed by atoms with van der Waals surface area (Å²) in [5.74, 6) is 1.64. The molecule has 0 aliphatic carbocycles. The minimum atomic E-state index is 0.611. The van der Waals surface area contributed by atoms with Crippen LogP contribution in [0.2, 0.25) is 5.02 Å². The van der Waals surface area contributed by atoms with E-state index in [1.165, 1.54) is 0 Å².